The molecule has 3 rings (SSSR count). The number of hydrogen-bond donors (Lipinski definition) is 2. The first kappa shape index (κ1) is 20.4. The van der Waals surface area contributed by atoms with E-state index in [1.54, 1.807) is 18.0 Å². The van der Waals surface area contributed by atoms with Crippen LogP contribution in [0.4, 0.5) is 5.00 Å². The molecule has 1 heterocycles. The Labute approximate surface area is 164 Å². The molecule has 1 aromatic heterocycles. The van der Waals surface area contributed by atoms with Gasteiger partial charge in [-0.15, -0.1) is 23.7 Å². The molecule has 2 amide bonds. The van der Waals surface area contributed by atoms with Crippen LogP contribution in [-0.4, -0.2) is 43.9 Å². The van der Waals surface area contributed by atoms with E-state index in [2.05, 4.69) is 10.6 Å². The number of likely N-dealkylation sites (N-methyl/N-ethyl adjacent to an activating group) is 2. The minimum atomic E-state index is -0.163. The molecule has 7 heteroatoms. The number of aryl methyl sites for hydroxylation is 2. The minimum Gasteiger partial charge on any atom is -0.340 e. The maximum atomic E-state index is 12.6. The van der Waals surface area contributed by atoms with Crippen molar-refractivity contribution in [2.45, 2.75) is 19.3 Å². The summed E-state index contributed by atoms with van der Waals surface area (Å²) >= 11 is 1.37. The van der Waals surface area contributed by atoms with Crippen molar-refractivity contribution >= 4 is 40.6 Å². The van der Waals surface area contributed by atoms with Crippen LogP contribution in [-0.2, 0) is 12.8 Å². The molecule has 0 saturated heterocycles. The smallest absolute Gasteiger partial charge is 0.256 e. The fourth-order valence-electron chi connectivity index (χ4n) is 3.05. The van der Waals surface area contributed by atoms with E-state index in [-0.39, 0.29) is 24.2 Å². The number of anilines is 1. The zero-order valence-corrected chi connectivity index (χ0v) is 16.6. The molecule has 0 radical (unpaired) electrons. The van der Waals surface area contributed by atoms with Gasteiger partial charge >= 0.3 is 0 Å². The molecule has 0 fully saturated rings. The SMILES string of the molecule is CNCCN(C)C(=O)c1ccsc1NC(=O)c1ccc2c(c1)CCC2.Cl. The molecule has 1 aliphatic rings. The number of halogens is 1. The fraction of sp³-hybridized carbons (Fsp3) is 0.368. The number of benzene rings is 1. The van der Waals surface area contributed by atoms with Crippen LogP contribution in [0.25, 0.3) is 0 Å². The van der Waals surface area contributed by atoms with Crippen molar-refractivity contribution in [1.82, 2.24) is 10.2 Å². The highest BCUT2D eigenvalue weighted by atomic mass is 35.5. The second kappa shape index (κ2) is 9.16. The average Bonchev–Trinajstić information content (AvgIpc) is 3.27. The Kier molecular flexibility index (Phi) is 7.20. The fourth-order valence-corrected chi connectivity index (χ4v) is 3.82. The van der Waals surface area contributed by atoms with Crippen LogP contribution in [0, 0.1) is 0 Å². The Morgan fingerprint density at radius 2 is 1.96 bits per heavy atom. The highest BCUT2D eigenvalue weighted by Gasteiger charge is 2.20. The molecule has 0 aliphatic heterocycles. The van der Waals surface area contributed by atoms with E-state index in [0.717, 1.165) is 25.8 Å². The number of fused-ring (bicyclic) bond motifs is 1. The largest absolute Gasteiger partial charge is 0.340 e. The van der Waals surface area contributed by atoms with Gasteiger partial charge in [-0.05, 0) is 61.0 Å². The van der Waals surface area contributed by atoms with Gasteiger partial charge in [-0.25, -0.2) is 0 Å². The van der Waals surface area contributed by atoms with Gasteiger partial charge in [0.15, 0.2) is 0 Å². The van der Waals surface area contributed by atoms with Crippen molar-refractivity contribution in [3.05, 3.63) is 51.9 Å². The Hall–Kier alpha value is -1.89. The first-order valence-electron chi connectivity index (χ1n) is 8.51. The highest BCUT2D eigenvalue weighted by molar-refractivity contribution is 7.14. The summed E-state index contributed by atoms with van der Waals surface area (Å²) in [4.78, 5) is 26.8. The van der Waals surface area contributed by atoms with Crippen LogP contribution in [0.5, 0.6) is 0 Å². The van der Waals surface area contributed by atoms with Gasteiger partial charge in [0.25, 0.3) is 11.8 Å². The van der Waals surface area contributed by atoms with Crippen LogP contribution < -0.4 is 10.6 Å². The van der Waals surface area contributed by atoms with Gasteiger partial charge in [-0.1, -0.05) is 6.07 Å². The van der Waals surface area contributed by atoms with E-state index in [9.17, 15) is 9.59 Å². The van der Waals surface area contributed by atoms with E-state index in [0.29, 0.717) is 22.7 Å². The van der Waals surface area contributed by atoms with Crippen molar-refractivity contribution in [3.8, 4) is 0 Å². The van der Waals surface area contributed by atoms with Gasteiger partial charge in [0.05, 0.1) is 5.56 Å². The van der Waals surface area contributed by atoms with Gasteiger partial charge in [-0.3, -0.25) is 9.59 Å². The quantitative estimate of drug-likeness (QED) is 0.792. The molecule has 0 spiro atoms. The Balaban J connectivity index is 0.00000243. The number of thiophene rings is 1. The van der Waals surface area contributed by atoms with Crippen molar-refractivity contribution in [3.63, 3.8) is 0 Å². The topological polar surface area (TPSA) is 61.4 Å². The van der Waals surface area contributed by atoms with Gasteiger partial charge < -0.3 is 15.5 Å². The monoisotopic (exact) mass is 393 g/mol. The summed E-state index contributed by atoms with van der Waals surface area (Å²) in [5, 5.41) is 8.37. The first-order valence-corrected chi connectivity index (χ1v) is 9.39. The molecule has 0 bridgehead atoms. The molecule has 0 atom stereocenters. The molecular weight excluding hydrogens is 370 g/mol. The van der Waals surface area contributed by atoms with E-state index in [1.165, 1.54) is 22.5 Å². The Morgan fingerprint density at radius 3 is 2.73 bits per heavy atom. The predicted molar refractivity (Wildman–Crippen MR) is 109 cm³/mol. The van der Waals surface area contributed by atoms with Crippen LogP contribution in [0.15, 0.2) is 29.6 Å². The number of amides is 2. The summed E-state index contributed by atoms with van der Waals surface area (Å²) < 4.78 is 0. The number of carbonyl (C=O) groups is 2. The van der Waals surface area contributed by atoms with E-state index >= 15 is 0 Å². The summed E-state index contributed by atoms with van der Waals surface area (Å²) in [7, 11) is 3.62. The van der Waals surface area contributed by atoms with Gasteiger partial charge in [0.2, 0.25) is 0 Å². The zero-order chi connectivity index (χ0) is 17.8. The lowest BCUT2D eigenvalue weighted by Crippen LogP contribution is -2.33. The van der Waals surface area contributed by atoms with E-state index < -0.39 is 0 Å². The number of hydrogen-bond acceptors (Lipinski definition) is 4. The molecular formula is C19H24ClN3O2S. The first-order chi connectivity index (χ1) is 12.1. The summed E-state index contributed by atoms with van der Waals surface area (Å²) in [5.74, 6) is -0.246. The Bertz CT molecular complexity index is 791. The van der Waals surface area contributed by atoms with E-state index in [1.807, 2.05) is 30.6 Å². The van der Waals surface area contributed by atoms with Crippen molar-refractivity contribution in [1.29, 1.82) is 0 Å². The number of rotatable bonds is 6. The molecule has 1 aliphatic carbocycles. The minimum absolute atomic E-state index is 0. The van der Waals surface area contributed by atoms with Crippen molar-refractivity contribution < 1.29 is 9.59 Å². The zero-order valence-electron chi connectivity index (χ0n) is 15.0. The lowest BCUT2D eigenvalue weighted by molar-refractivity contribution is 0.0798. The highest BCUT2D eigenvalue weighted by Crippen LogP contribution is 2.27. The van der Waals surface area contributed by atoms with Crippen LogP contribution in [0.2, 0.25) is 0 Å². The molecule has 140 valence electrons. The molecule has 26 heavy (non-hydrogen) atoms. The lowest BCUT2D eigenvalue weighted by atomic mass is 10.1. The summed E-state index contributed by atoms with van der Waals surface area (Å²) in [6.45, 7) is 1.34. The summed E-state index contributed by atoms with van der Waals surface area (Å²) in [6, 6.07) is 7.66. The third-order valence-electron chi connectivity index (χ3n) is 4.53. The van der Waals surface area contributed by atoms with Gasteiger partial charge in [-0.2, -0.15) is 0 Å². The predicted octanol–water partition coefficient (Wildman–Crippen LogP) is 3.20. The van der Waals surface area contributed by atoms with Gasteiger partial charge in [0, 0.05) is 25.7 Å². The van der Waals surface area contributed by atoms with Crippen molar-refractivity contribution in [2.24, 2.45) is 0 Å². The molecule has 5 nitrogen and oxygen atoms in total. The summed E-state index contributed by atoms with van der Waals surface area (Å²) in [6.07, 6.45) is 3.29. The third kappa shape index (κ3) is 4.44. The maximum Gasteiger partial charge on any atom is 0.256 e. The van der Waals surface area contributed by atoms with Gasteiger partial charge in [0.1, 0.15) is 5.00 Å². The third-order valence-corrected chi connectivity index (χ3v) is 5.36. The van der Waals surface area contributed by atoms with E-state index in [4.69, 9.17) is 0 Å². The average molecular weight is 394 g/mol. The second-order valence-corrected chi connectivity index (χ2v) is 7.20. The summed E-state index contributed by atoms with van der Waals surface area (Å²) in [5.41, 5.74) is 3.80. The molecule has 2 aromatic rings. The molecule has 0 unspecified atom stereocenters. The molecule has 1 aromatic carbocycles. The number of nitrogens with one attached hydrogen (secondary N) is 2. The lowest BCUT2D eigenvalue weighted by Gasteiger charge is -2.17. The molecule has 0 saturated carbocycles. The van der Waals surface area contributed by atoms with Crippen LogP contribution in [0.3, 0.4) is 0 Å². The van der Waals surface area contributed by atoms with Crippen molar-refractivity contribution in [2.75, 3.05) is 32.5 Å². The number of carbonyl (C=O) groups excluding carboxylic acids is 2. The molecule has 2 N–H and O–H groups in total. The van der Waals surface area contributed by atoms with Crippen LogP contribution in [0.1, 0.15) is 38.3 Å². The number of nitrogens with zero attached hydrogens (tertiary/aromatic N) is 1. The Morgan fingerprint density at radius 1 is 1.19 bits per heavy atom. The maximum absolute atomic E-state index is 12.6. The normalized spacial score (nSPS) is 12.2. The second-order valence-electron chi connectivity index (χ2n) is 6.28. The standard InChI is InChI=1S/C19H23N3O2S.ClH/c1-20-9-10-22(2)19(24)16-8-11-25-18(16)21-17(23)15-7-6-13-4-3-5-14(13)12-15;/h6-8,11-12,20H,3-5,9-10H2,1-2H3,(H,21,23);1H. The van der Waals surface area contributed by atoms with Crippen LogP contribution >= 0.6 is 23.7 Å².